The lowest BCUT2D eigenvalue weighted by molar-refractivity contribution is -0.119. The van der Waals surface area contributed by atoms with Gasteiger partial charge < -0.3 is 14.8 Å². The van der Waals surface area contributed by atoms with Crippen LogP contribution >= 0.6 is 0 Å². The number of hydrogen-bond donors (Lipinski definition) is 1. The van der Waals surface area contributed by atoms with Crippen LogP contribution in [-0.2, 0) is 25.1 Å². The van der Waals surface area contributed by atoms with Crippen LogP contribution in [0.4, 0.5) is 5.69 Å². The first-order valence-electron chi connectivity index (χ1n) is 7.50. The van der Waals surface area contributed by atoms with Gasteiger partial charge in [0.15, 0.2) is 6.61 Å². The van der Waals surface area contributed by atoms with Crippen LogP contribution in [0, 0.1) is 0 Å². The molecule has 1 N–H and O–H groups in total. The summed E-state index contributed by atoms with van der Waals surface area (Å²) in [4.78, 5) is 36.2. The van der Waals surface area contributed by atoms with Gasteiger partial charge in [0.25, 0.3) is 5.91 Å². The predicted molar refractivity (Wildman–Crippen MR) is 95.5 cm³/mol. The molecule has 0 saturated heterocycles. The van der Waals surface area contributed by atoms with Gasteiger partial charge in [-0.3, -0.25) is 9.00 Å². The van der Waals surface area contributed by atoms with E-state index in [4.69, 9.17) is 4.74 Å². The van der Waals surface area contributed by atoms with E-state index in [2.05, 4.69) is 10.1 Å². The molecule has 2 aromatic rings. The molecule has 0 aliphatic rings. The number of methoxy groups -OCH3 is 1. The molecular formula is C18H17NO6S. The smallest absolute Gasteiger partial charge is 0.339 e. The second-order valence-electron chi connectivity index (χ2n) is 5.11. The van der Waals surface area contributed by atoms with E-state index < -0.39 is 35.3 Å². The topological polar surface area (TPSA) is 98.8 Å². The molecule has 0 saturated carbocycles. The highest BCUT2D eigenvalue weighted by atomic mass is 32.2. The Labute approximate surface area is 152 Å². The molecule has 2 aromatic carbocycles. The number of ether oxygens (including phenoxy) is 2. The minimum Gasteiger partial charge on any atom is -0.465 e. The summed E-state index contributed by atoms with van der Waals surface area (Å²) in [5, 5.41) is 2.49. The molecule has 0 fully saturated rings. The minimum absolute atomic E-state index is 0.135. The van der Waals surface area contributed by atoms with Gasteiger partial charge in [0.05, 0.1) is 39.6 Å². The van der Waals surface area contributed by atoms with Crippen molar-refractivity contribution in [2.24, 2.45) is 0 Å². The van der Waals surface area contributed by atoms with Gasteiger partial charge in [-0.2, -0.15) is 0 Å². The van der Waals surface area contributed by atoms with Gasteiger partial charge >= 0.3 is 11.9 Å². The first kappa shape index (κ1) is 19.3. The van der Waals surface area contributed by atoms with Gasteiger partial charge in [0.1, 0.15) is 0 Å². The Hall–Kier alpha value is -3.00. The lowest BCUT2D eigenvalue weighted by Gasteiger charge is -2.10. The lowest BCUT2D eigenvalue weighted by atomic mass is 10.2. The van der Waals surface area contributed by atoms with Crippen LogP contribution < -0.4 is 5.32 Å². The fourth-order valence-electron chi connectivity index (χ4n) is 2.16. The number of carbonyl (C=O) groups excluding carboxylic acids is 3. The van der Waals surface area contributed by atoms with Crippen LogP contribution in [0.25, 0.3) is 0 Å². The van der Waals surface area contributed by atoms with E-state index in [-0.39, 0.29) is 16.8 Å². The maximum atomic E-state index is 12.1. The van der Waals surface area contributed by atoms with E-state index in [0.29, 0.717) is 4.90 Å². The minimum atomic E-state index is -1.37. The highest BCUT2D eigenvalue weighted by Gasteiger charge is 2.17. The van der Waals surface area contributed by atoms with E-state index >= 15 is 0 Å². The number of amides is 1. The number of anilines is 1. The Balaban J connectivity index is 2.03. The second-order valence-corrected chi connectivity index (χ2v) is 6.46. The van der Waals surface area contributed by atoms with Crippen molar-refractivity contribution in [3.05, 3.63) is 59.7 Å². The molecule has 1 atom stereocenters. The van der Waals surface area contributed by atoms with Crippen molar-refractivity contribution in [1.29, 1.82) is 0 Å². The molecule has 0 radical (unpaired) electrons. The summed E-state index contributed by atoms with van der Waals surface area (Å²) in [7, 11) is -0.135. The van der Waals surface area contributed by atoms with Crippen molar-refractivity contribution in [2.45, 2.75) is 4.90 Å². The summed E-state index contributed by atoms with van der Waals surface area (Å²) in [6.07, 6.45) is 1.45. The number of esters is 2. The molecule has 0 spiro atoms. The molecule has 1 amide bonds. The highest BCUT2D eigenvalue weighted by molar-refractivity contribution is 7.84. The Morgan fingerprint density at radius 1 is 0.962 bits per heavy atom. The monoisotopic (exact) mass is 375 g/mol. The van der Waals surface area contributed by atoms with Gasteiger partial charge in [-0.25, -0.2) is 9.59 Å². The zero-order valence-corrected chi connectivity index (χ0v) is 15.0. The molecule has 8 heteroatoms. The van der Waals surface area contributed by atoms with E-state index in [0.717, 1.165) is 0 Å². The van der Waals surface area contributed by atoms with Gasteiger partial charge in [-0.05, 0) is 24.3 Å². The fraction of sp³-hybridized carbons (Fsp3) is 0.167. The van der Waals surface area contributed by atoms with Crippen LogP contribution in [0.3, 0.4) is 0 Å². The van der Waals surface area contributed by atoms with Crippen LogP contribution in [0.15, 0.2) is 53.4 Å². The Kier molecular flexibility index (Phi) is 6.62. The number of nitrogens with one attached hydrogen (secondary N) is 1. The third kappa shape index (κ3) is 4.76. The number of hydrogen-bond acceptors (Lipinski definition) is 6. The first-order valence-corrected chi connectivity index (χ1v) is 9.06. The second kappa shape index (κ2) is 8.91. The number of carbonyl (C=O) groups is 3. The number of benzene rings is 2. The normalized spacial score (nSPS) is 11.3. The van der Waals surface area contributed by atoms with Crippen LogP contribution in [0.2, 0.25) is 0 Å². The maximum absolute atomic E-state index is 12.1. The number of rotatable bonds is 6. The van der Waals surface area contributed by atoms with Crippen molar-refractivity contribution in [3.8, 4) is 0 Å². The van der Waals surface area contributed by atoms with Crippen molar-refractivity contribution in [2.75, 3.05) is 25.3 Å². The van der Waals surface area contributed by atoms with Crippen molar-refractivity contribution in [1.82, 2.24) is 0 Å². The molecule has 136 valence electrons. The summed E-state index contributed by atoms with van der Waals surface area (Å²) in [6, 6.07) is 12.6. The Morgan fingerprint density at radius 2 is 1.58 bits per heavy atom. The summed E-state index contributed by atoms with van der Waals surface area (Å²) in [5.41, 5.74) is 0.563. The summed E-state index contributed by atoms with van der Waals surface area (Å²) < 4.78 is 21.3. The van der Waals surface area contributed by atoms with E-state index in [1.54, 1.807) is 30.3 Å². The summed E-state index contributed by atoms with van der Waals surface area (Å²) >= 11 is 0. The quantitative estimate of drug-likeness (QED) is 0.776. The van der Waals surface area contributed by atoms with Gasteiger partial charge in [0.2, 0.25) is 0 Å². The maximum Gasteiger partial charge on any atom is 0.339 e. The van der Waals surface area contributed by atoms with Gasteiger partial charge in [-0.1, -0.05) is 24.3 Å². The molecule has 0 unspecified atom stereocenters. The Bertz CT molecular complexity index is 864. The van der Waals surface area contributed by atoms with Crippen molar-refractivity contribution >= 4 is 34.3 Å². The summed E-state index contributed by atoms with van der Waals surface area (Å²) in [6.45, 7) is -0.557. The number of para-hydroxylation sites is 1. The molecule has 2 rings (SSSR count). The lowest BCUT2D eigenvalue weighted by Crippen LogP contribution is -2.22. The average Bonchev–Trinajstić information content (AvgIpc) is 2.65. The van der Waals surface area contributed by atoms with Crippen molar-refractivity contribution in [3.63, 3.8) is 0 Å². The van der Waals surface area contributed by atoms with Crippen LogP contribution in [-0.4, -0.2) is 42.0 Å². The molecule has 0 heterocycles. The van der Waals surface area contributed by atoms with Crippen LogP contribution in [0.5, 0.6) is 0 Å². The van der Waals surface area contributed by atoms with E-state index in [1.807, 2.05) is 0 Å². The first-order chi connectivity index (χ1) is 12.4. The third-order valence-corrected chi connectivity index (χ3v) is 4.33. The van der Waals surface area contributed by atoms with Gasteiger partial charge in [-0.15, -0.1) is 0 Å². The molecule has 26 heavy (non-hydrogen) atoms. The van der Waals surface area contributed by atoms with Crippen LogP contribution in [0.1, 0.15) is 20.7 Å². The van der Waals surface area contributed by atoms with E-state index in [9.17, 15) is 18.6 Å². The Morgan fingerprint density at radius 3 is 2.23 bits per heavy atom. The molecule has 0 aromatic heterocycles. The molecule has 0 aliphatic carbocycles. The third-order valence-electron chi connectivity index (χ3n) is 3.36. The summed E-state index contributed by atoms with van der Waals surface area (Å²) in [5.74, 6) is -1.98. The SMILES string of the molecule is COC(=O)c1ccccc1NC(=O)COC(=O)c1ccccc1[S@@](C)=O. The van der Waals surface area contributed by atoms with E-state index in [1.165, 1.54) is 31.6 Å². The molecular weight excluding hydrogens is 358 g/mol. The predicted octanol–water partition coefficient (Wildman–Crippen LogP) is 2.01. The van der Waals surface area contributed by atoms with Gasteiger partial charge in [0, 0.05) is 6.26 Å². The standard InChI is InChI=1S/C18H17NO6S/c1-24-17(21)12-7-3-5-9-14(12)19-16(20)11-25-18(22)13-8-4-6-10-15(13)26(2)23/h3-10H,11H2,1-2H3,(H,19,20)/t26-/m1/s1. The molecule has 0 aliphatic heterocycles. The highest BCUT2D eigenvalue weighted by Crippen LogP contribution is 2.16. The largest absolute Gasteiger partial charge is 0.465 e. The molecule has 7 nitrogen and oxygen atoms in total. The van der Waals surface area contributed by atoms with Crippen molar-refractivity contribution < 1.29 is 28.1 Å². The molecule has 0 bridgehead atoms. The zero-order valence-electron chi connectivity index (χ0n) is 14.2. The average molecular weight is 375 g/mol. The zero-order chi connectivity index (χ0) is 19.1. The fourth-order valence-corrected chi connectivity index (χ4v) is 2.89.